The van der Waals surface area contributed by atoms with Gasteiger partial charge in [-0.05, 0) is 29.5 Å². The number of carboxylic acid groups (broad SMARTS) is 2. The molecule has 2 rings (SSSR count). The summed E-state index contributed by atoms with van der Waals surface area (Å²) in [4.78, 5) is 24.1. The fourth-order valence-corrected chi connectivity index (χ4v) is 3.29. The molecule has 1 heterocycles. The van der Waals surface area contributed by atoms with Crippen molar-refractivity contribution >= 4 is 17.6 Å². The van der Waals surface area contributed by atoms with Crippen LogP contribution in [0.3, 0.4) is 0 Å². The lowest BCUT2D eigenvalue weighted by atomic mass is 9.74. The summed E-state index contributed by atoms with van der Waals surface area (Å²) in [6.07, 6.45) is 0.333. The highest BCUT2D eigenvalue weighted by molar-refractivity contribution is 5.99. The van der Waals surface area contributed by atoms with Crippen LogP contribution in [-0.2, 0) is 11.2 Å². The van der Waals surface area contributed by atoms with Gasteiger partial charge in [0.1, 0.15) is 0 Å². The van der Waals surface area contributed by atoms with Gasteiger partial charge in [-0.15, -0.1) is 0 Å². The lowest BCUT2D eigenvalue weighted by Crippen LogP contribution is -2.45. The standard InChI is InChI=1S/C18H23NO5/c1-18(2)11-19(17(23)24)10-14(16(21)22)15(18)13-7-5-12(6-8-13)4-3-9-20/h5-8,20H,3-4,9-11H2,1-2H3,(H,21,22)(H,23,24). The molecule has 24 heavy (non-hydrogen) atoms. The molecule has 0 saturated carbocycles. The number of carboxylic acids is 1. The van der Waals surface area contributed by atoms with E-state index in [4.69, 9.17) is 5.11 Å². The maximum atomic E-state index is 11.7. The average molecular weight is 333 g/mol. The number of aryl methyl sites for hydroxylation is 1. The summed E-state index contributed by atoms with van der Waals surface area (Å²) in [5.41, 5.74) is 2.08. The van der Waals surface area contributed by atoms with Crippen LogP contribution in [0.1, 0.15) is 31.4 Å². The summed E-state index contributed by atoms with van der Waals surface area (Å²) < 4.78 is 0. The minimum atomic E-state index is -1.11. The molecule has 0 bridgehead atoms. The van der Waals surface area contributed by atoms with Crippen LogP contribution in [0.25, 0.3) is 5.57 Å². The Hall–Kier alpha value is -2.34. The van der Waals surface area contributed by atoms with E-state index in [0.29, 0.717) is 12.0 Å². The second-order valence-corrected chi connectivity index (χ2v) is 6.71. The summed E-state index contributed by atoms with van der Waals surface area (Å²) in [6.45, 7) is 3.99. The van der Waals surface area contributed by atoms with Crippen LogP contribution in [0.4, 0.5) is 4.79 Å². The monoisotopic (exact) mass is 333 g/mol. The Morgan fingerprint density at radius 2 is 1.79 bits per heavy atom. The molecule has 0 saturated heterocycles. The zero-order chi connectivity index (χ0) is 17.9. The van der Waals surface area contributed by atoms with E-state index in [1.807, 2.05) is 38.1 Å². The number of aliphatic carboxylic acids is 1. The summed E-state index contributed by atoms with van der Waals surface area (Å²) in [5, 5.41) is 27.7. The quantitative estimate of drug-likeness (QED) is 0.769. The summed E-state index contributed by atoms with van der Waals surface area (Å²) >= 11 is 0. The number of amides is 1. The predicted octanol–water partition coefficient (Wildman–Crippen LogP) is 2.47. The normalized spacial score (nSPS) is 17.0. The fraction of sp³-hybridized carbons (Fsp3) is 0.444. The molecule has 130 valence electrons. The molecule has 0 unspecified atom stereocenters. The van der Waals surface area contributed by atoms with E-state index in [2.05, 4.69) is 0 Å². The number of aliphatic hydroxyl groups excluding tert-OH is 1. The third-order valence-corrected chi connectivity index (χ3v) is 4.31. The van der Waals surface area contributed by atoms with Gasteiger partial charge in [0.05, 0.1) is 12.1 Å². The molecule has 0 spiro atoms. The summed E-state index contributed by atoms with van der Waals surface area (Å²) in [5.74, 6) is -1.09. The number of hydrogen-bond acceptors (Lipinski definition) is 3. The Labute approximate surface area is 141 Å². The summed E-state index contributed by atoms with van der Waals surface area (Å²) in [6, 6.07) is 7.61. The van der Waals surface area contributed by atoms with E-state index in [-0.39, 0.29) is 25.3 Å². The van der Waals surface area contributed by atoms with Crippen molar-refractivity contribution in [3.63, 3.8) is 0 Å². The van der Waals surface area contributed by atoms with E-state index in [1.54, 1.807) is 0 Å². The minimum Gasteiger partial charge on any atom is -0.478 e. The van der Waals surface area contributed by atoms with Crippen molar-refractivity contribution in [2.75, 3.05) is 19.7 Å². The summed E-state index contributed by atoms with van der Waals surface area (Å²) in [7, 11) is 0. The molecule has 1 aliphatic heterocycles. The van der Waals surface area contributed by atoms with Crippen LogP contribution in [0.5, 0.6) is 0 Å². The van der Waals surface area contributed by atoms with Gasteiger partial charge in [0.2, 0.25) is 0 Å². The first kappa shape index (κ1) is 18.0. The SMILES string of the molecule is CC1(C)CN(C(=O)O)CC(C(=O)O)=C1c1ccc(CCCO)cc1. The fourth-order valence-electron chi connectivity index (χ4n) is 3.29. The maximum Gasteiger partial charge on any atom is 0.407 e. The Balaban J connectivity index is 2.44. The average Bonchev–Trinajstić information content (AvgIpc) is 2.51. The Bertz CT molecular complexity index is 660. The molecule has 0 fully saturated rings. The molecule has 1 amide bonds. The minimum absolute atomic E-state index is 0.115. The van der Waals surface area contributed by atoms with Gasteiger partial charge in [-0.2, -0.15) is 0 Å². The molecule has 6 nitrogen and oxygen atoms in total. The number of carbonyl (C=O) groups is 2. The highest BCUT2D eigenvalue weighted by atomic mass is 16.4. The van der Waals surface area contributed by atoms with Crippen molar-refractivity contribution in [2.45, 2.75) is 26.7 Å². The van der Waals surface area contributed by atoms with E-state index >= 15 is 0 Å². The van der Waals surface area contributed by atoms with Gasteiger partial charge in [-0.3, -0.25) is 0 Å². The predicted molar refractivity (Wildman–Crippen MR) is 89.8 cm³/mol. The third kappa shape index (κ3) is 3.76. The van der Waals surface area contributed by atoms with Gasteiger partial charge in [-0.25, -0.2) is 9.59 Å². The van der Waals surface area contributed by atoms with Crippen LogP contribution < -0.4 is 0 Å². The number of aliphatic hydroxyl groups is 1. The molecule has 6 heteroatoms. The zero-order valence-electron chi connectivity index (χ0n) is 14.0. The zero-order valence-corrected chi connectivity index (χ0v) is 14.0. The smallest absolute Gasteiger partial charge is 0.407 e. The molecular weight excluding hydrogens is 310 g/mol. The third-order valence-electron chi connectivity index (χ3n) is 4.31. The van der Waals surface area contributed by atoms with Gasteiger partial charge in [-0.1, -0.05) is 38.1 Å². The molecule has 1 aromatic carbocycles. The number of nitrogens with zero attached hydrogens (tertiary/aromatic N) is 1. The number of rotatable bonds is 5. The van der Waals surface area contributed by atoms with E-state index in [0.717, 1.165) is 22.4 Å². The Morgan fingerprint density at radius 1 is 1.17 bits per heavy atom. The van der Waals surface area contributed by atoms with Gasteiger partial charge < -0.3 is 20.2 Å². The second-order valence-electron chi connectivity index (χ2n) is 6.71. The van der Waals surface area contributed by atoms with Crippen molar-refractivity contribution in [3.05, 3.63) is 41.0 Å². The second kappa shape index (κ2) is 7.05. The van der Waals surface area contributed by atoms with Gasteiger partial charge in [0.25, 0.3) is 0 Å². The van der Waals surface area contributed by atoms with Crippen molar-refractivity contribution in [1.82, 2.24) is 4.90 Å². The Morgan fingerprint density at radius 3 is 2.29 bits per heavy atom. The number of hydrogen-bond donors (Lipinski definition) is 3. The van der Waals surface area contributed by atoms with Crippen LogP contribution >= 0.6 is 0 Å². The highest BCUT2D eigenvalue weighted by Crippen LogP contribution is 2.41. The molecule has 3 N–H and O–H groups in total. The topological polar surface area (TPSA) is 98.1 Å². The maximum absolute atomic E-state index is 11.7. The first-order valence-corrected chi connectivity index (χ1v) is 7.91. The lowest BCUT2D eigenvalue weighted by molar-refractivity contribution is -0.133. The molecular formula is C18H23NO5. The largest absolute Gasteiger partial charge is 0.478 e. The molecule has 0 atom stereocenters. The molecule has 0 aliphatic carbocycles. The molecule has 1 aliphatic rings. The molecule has 1 aromatic rings. The van der Waals surface area contributed by atoms with Crippen LogP contribution in [0, 0.1) is 5.41 Å². The lowest BCUT2D eigenvalue weighted by Gasteiger charge is -2.39. The first-order chi connectivity index (χ1) is 11.3. The molecule has 0 radical (unpaired) electrons. The van der Waals surface area contributed by atoms with Gasteiger partial charge in [0.15, 0.2) is 0 Å². The van der Waals surface area contributed by atoms with Crippen molar-refractivity contribution in [1.29, 1.82) is 0 Å². The highest BCUT2D eigenvalue weighted by Gasteiger charge is 2.38. The van der Waals surface area contributed by atoms with E-state index in [1.165, 1.54) is 0 Å². The number of benzene rings is 1. The van der Waals surface area contributed by atoms with E-state index < -0.39 is 17.5 Å². The van der Waals surface area contributed by atoms with Crippen LogP contribution in [0.2, 0.25) is 0 Å². The van der Waals surface area contributed by atoms with Crippen molar-refractivity contribution < 1.29 is 24.9 Å². The van der Waals surface area contributed by atoms with Gasteiger partial charge >= 0.3 is 12.1 Å². The van der Waals surface area contributed by atoms with Crippen LogP contribution in [-0.4, -0.2) is 52.0 Å². The van der Waals surface area contributed by atoms with Crippen molar-refractivity contribution in [3.8, 4) is 0 Å². The van der Waals surface area contributed by atoms with Crippen molar-refractivity contribution in [2.24, 2.45) is 5.41 Å². The molecule has 0 aromatic heterocycles. The Kier molecular flexibility index (Phi) is 5.29. The van der Waals surface area contributed by atoms with Gasteiger partial charge in [0, 0.05) is 18.6 Å². The van der Waals surface area contributed by atoms with Crippen LogP contribution in [0.15, 0.2) is 29.8 Å². The van der Waals surface area contributed by atoms with E-state index in [9.17, 15) is 19.8 Å². The first-order valence-electron chi connectivity index (χ1n) is 7.91.